The van der Waals surface area contributed by atoms with Gasteiger partial charge in [0.15, 0.2) is 5.06 Å². The van der Waals surface area contributed by atoms with Crippen molar-refractivity contribution >= 4 is 11.3 Å². The molecule has 0 bridgehead atoms. The Morgan fingerprint density at radius 1 is 1.44 bits per heavy atom. The molecule has 1 heterocycles. The maximum atomic E-state index is 4.87. The lowest BCUT2D eigenvalue weighted by molar-refractivity contribution is 0.412. The molecule has 0 amide bonds. The molecule has 1 aromatic rings. The Bertz CT molecular complexity index is 168. The van der Waals surface area contributed by atoms with Crippen molar-refractivity contribution in [3.63, 3.8) is 0 Å². The Hall–Kier alpha value is -0.770. The first kappa shape index (κ1) is 6.35. The molecule has 0 unspecified atom stereocenters. The molecular formula is C5H7NO2S. The molecule has 3 nitrogen and oxygen atoms in total. The molecule has 0 aliphatic rings. The van der Waals surface area contributed by atoms with Crippen molar-refractivity contribution < 1.29 is 9.47 Å². The van der Waals surface area contributed by atoms with Gasteiger partial charge in [-0.3, -0.25) is 0 Å². The maximum absolute atomic E-state index is 4.87. The second-order valence-corrected chi connectivity index (χ2v) is 2.31. The van der Waals surface area contributed by atoms with Crippen LogP contribution in [0.2, 0.25) is 0 Å². The largest absolute Gasteiger partial charge is 0.486 e. The van der Waals surface area contributed by atoms with E-state index in [9.17, 15) is 0 Å². The van der Waals surface area contributed by atoms with E-state index in [1.54, 1.807) is 20.4 Å². The van der Waals surface area contributed by atoms with Gasteiger partial charge >= 0.3 is 0 Å². The van der Waals surface area contributed by atoms with Crippen molar-refractivity contribution in [1.29, 1.82) is 0 Å². The molecule has 50 valence electrons. The number of rotatable bonds is 2. The van der Waals surface area contributed by atoms with Gasteiger partial charge in [-0.05, 0) is 11.3 Å². The fraction of sp³-hybridized carbons (Fsp3) is 0.400. The number of ether oxygens (including phenoxy) is 2. The lowest BCUT2D eigenvalue weighted by atomic mass is 10.9. The quantitative estimate of drug-likeness (QED) is 0.625. The normalized spacial score (nSPS) is 9.11. The van der Waals surface area contributed by atoms with E-state index < -0.39 is 0 Å². The minimum absolute atomic E-state index is 0.631. The molecule has 0 aromatic carbocycles. The van der Waals surface area contributed by atoms with E-state index in [4.69, 9.17) is 9.47 Å². The van der Waals surface area contributed by atoms with Gasteiger partial charge in [-0.1, -0.05) is 0 Å². The van der Waals surface area contributed by atoms with Gasteiger partial charge in [0.25, 0.3) is 5.19 Å². The van der Waals surface area contributed by atoms with Crippen LogP contribution in [0.3, 0.4) is 0 Å². The van der Waals surface area contributed by atoms with Crippen molar-refractivity contribution in [2.45, 2.75) is 0 Å². The number of thiazole rings is 1. The lowest BCUT2D eigenvalue weighted by Gasteiger charge is -1.88. The second kappa shape index (κ2) is 2.68. The summed E-state index contributed by atoms with van der Waals surface area (Å²) in [5.74, 6) is 0. The zero-order chi connectivity index (χ0) is 6.69. The van der Waals surface area contributed by atoms with E-state index in [0.717, 1.165) is 5.06 Å². The van der Waals surface area contributed by atoms with Gasteiger partial charge in [-0.2, -0.15) is 0 Å². The van der Waals surface area contributed by atoms with Gasteiger partial charge in [0, 0.05) is 0 Å². The number of methoxy groups -OCH3 is 2. The molecule has 0 aliphatic heterocycles. The first-order valence-corrected chi connectivity index (χ1v) is 3.22. The standard InChI is InChI=1S/C5H7NO2S/c1-7-4-3-6-5(8-2)9-4/h3H,1-2H3. The van der Waals surface area contributed by atoms with Gasteiger partial charge in [-0.25, -0.2) is 4.98 Å². The van der Waals surface area contributed by atoms with Crippen molar-refractivity contribution in [2.24, 2.45) is 0 Å². The van der Waals surface area contributed by atoms with Crippen LogP contribution in [0.4, 0.5) is 0 Å². The highest BCUT2D eigenvalue weighted by atomic mass is 32.1. The molecule has 0 atom stereocenters. The Balaban J connectivity index is 2.74. The summed E-state index contributed by atoms with van der Waals surface area (Å²) in [6.07, 6.45) is 1.63. The van der Waals surface area contributed by atoms with Gasteiger partial charge in [0.05, 0.1) is 20.4 Å². The Kier molecular flexibility index (Phi) is 1.89. The maximum Gasteiger partial charge on any atom is 0.276 e. The van der Waals surface area contributed by atoms with E-state index in [1.165, 1.54) is 11.3 Å². The van der Waals surface area contributed by atoms with Gasteiger partial charge in [0.2, 0.25) is 0 Å². The molecular weight excluding hydrogens is 138 g/mol. The zero-order valence-electron chi connectivity index (χ0n) is 5.25. The van der Waals surface area contributed by atoms with Crippen LogP contribution in [0.1, 0.15) is 0 Å². The van der Waals surface area contributed by atoms with E-state index in [0.29, 0.717) is 5.19 Å². The predicted octanol–water partition coefficient (Wildman–Crippen LogP) is 1.16. The van der Waals surface area contributed by atoms with Crippen molar-refractivity contribution in [3.05, 3.63) is 6.20 Å². The zero-order valence-corrected chi connectivity index (χ0v) is 6.07. The molecule has 0 saturated carbocycles. The summed E-state index contributed by atoms with van der Waals surface area (Å²) >= 11 is 1.38. The lowest BCUT2D eigenvalue weighted by Crippen LogP contribution is -1.76. The molecule has 0 saturated heterocycles. The monoisotopic (exact) mass is 145 g/mol. The highest BCUT2D eigenvalue weighted by Crippen LogP contribution is 2.25. The van der Waals surface area contributed by atoms with Crippen LogP contribution in [-0.2, 0) is 0 Å². The van der Waals surface area contributed by atoms with E-state index in [2.05, 4.69) is 4.98 Å². The minimum Gasteiger partial charge on any atom is -0.486 e. The summed E-state index contributed by atoms with van der Waals surface area (Å²) < 4.78 is 9.70. The first-order chi connectivity index (χ1) is 4.36. The summed E-state index contributed by atoms with van der Waals surface area (Å²) in [5.41, 5.74) is 0. The third-order valence-corrected chi connectivity index (χ3v) is 1.76. The van der Waals surface area contributed by atoms with Crippen LogP contribution in [0.25, 0.3) is 0 Å². The third kappa shape index (κ3) is 1.32. The topological polar surface area (TPSA) is 31.4 Å². The van der Waals surface area contributed by atoms with E-state index in [1.807, 2.05) is 0 Å². The second-order valence-electron chi connectivity index (χ2n) is 1.35. The van der Waals surface area contributed by atoms with Crippen LogP contribution in [-0.4, -0.2) is 19.2 Å². The highest BCUT2D eigenvalue weighted by Gasteiger charge is 1.98. The van der Waals surface area contributed by atoms with Gasteiger partial charge in [-0.15, -0.1) is 0 Å². The molecule has 9 heavy (non-hydrogen) atoms. The molecule has 0 radical (unpaired) electrons. The summed E-state index contributed by atoms with van der Waals surface area (Å²) in [6.45, 7) is 0. The molecule has 0 fully saturated rings. The molecule has 0 N–H and O–H groups in total. The van der Waals surface area contributed by atoms with Crippen LogP contribution in [0.15, 0.2) is 6.20 Å². The SMILES string of the molecule is COc1cnc(OC)s1. The predicted molar refractivity (Wildman–Crippen MR) is 35.2 cm³/mol. The Labute approximate surface area is 57.2 Å². The fourth-order valence-electron chi connectivity index (χ4n) is 0.433. The number of aromatic nitrogens is 1. The Morgan fingerprint density at radius 2 is 2.22 bits per heavy atom. The third-order valence-electron chi connectivity index (χ3n) is 0.839. The number of hydrogen-bond donors (Lipinski definition) is 0. The smallest absolute Gasteiger partial charge is 0.276 e. The minimum atomic E-state index is 0.631. The van der Waals surface area contributed by atoms with Crippen molar-refractivity contribution in [2.75, 3.05) is 14.2 Å². The van der Waals surface area contributed by atoms with Gasteiger partial charge < -0.3 is 9.47 Å². The average Bonchev–Trinajstić information content (AvgIpc) is 2.34. The van der Waals surface area contributed by atoms with Gasteiger partial charge in [0.1, 0.15) is 0 Å². The van der Waals surface area contributed by atoms with E-state index >= 15 is 0 Å². The van der Waals surface area contributed by atoms with Crippen LogP contribution in [0.5, 0.6) is 10.3 Å². The molecule has 1 aromatic heterocycles. The molecule has 0 aliphatic carbocycles. The molecule has 0 spiro atoms. The summed E-state index contributed by atoms with van der Waals surface area (Å²) in [4.78, 5) is 3.88. The van der Waals surface area contributed by atoms with Crippen molar-refractivity contribution in [1.82, 2.24) is 4.98 Å². The Morgan fingerprint density at radius 3 is 2.56 bits per heavy atom. The van der Waals surface area contributed by atoms with Crippen molar-refractivity contribution in [3.8, 4) is 10.3 Å². The number of nitrogens with zero attached hydrogens (tertiary/aromatic N) is 1. The molecule has 1 rings (SSSR count). The van der Waals surface area contributed by atoms with Crippen LogP contribution < -0.4 is 9.47 Å². The summed E-state index contributed by atoms with van der Waals surface area (Å²) in [7, 11) is 3.19. The van der Waals surface area contributed by atoms with Crippen LogP contribution >= 0.6 is 11.3 Å². The summed E-state index contributed by atoms with van der Waals surface area (Å²) in [5, 5.41) is 1.40. The number of hydrogen-bond acceptors (Lipinski definition) is 4. The van der Waals surface area contributed by atoms with E-state index in [-0.39, 0.29) is 0 Å². The summed E-state index contributed by atoms with van der Waals surface area (Å²) in [6, 6.07) is 0. The fourth-order valence-corrected chi connectivity index (χ4v) is 0.983. The first-order valence-electron chi connectivity index (χ1n) is 2.40. The highest BCUT2D eigenvalue weighted by molar-refractivity contribution is 7.15. The molecule has 4 heteroatoms. The average molecular weight is 145 g/mol. The van der Waals surface area contributed by atoms with Crippen LogP contribution in [0, 0.1) is 0 Å².